The monoisotopic (exact) mass is 444 g/mol. The molecule has 0 bridgehead atoms. The van der Waals surface area contributed by atoms with Gasteiger partial charge in [-0.05, 0) is 43.2 Å². The van der Waals surface area contributed by atoms with Crippen LogP contribution in [0.25, 0.3) is 11.3 Å². The fraction of sp³-hybridized carbons (Fsp3) is 0.125. The van der Waals surface area contributed by atoms with Gasteiger partial charge in [0, 0.05) is 35.0 Å². The van der Waals surface area contributed by atoms with Gasteiger partial charge in [-0.1, -0.05) is 41.7 Å². The minimum absolute atomic E-state index is 0.355. The Hall–Kier alpha value is -3.75. The quantitative estimate of drug-likeness (QED) is 0.249. The lowest BCUT2D eigenvalue weighted by atomic mass is 10.2. The topological polar surface area (TPSA) is 96.4 Å². The molecule has 2 heterocycles. The van der Waals surface area contributed by atoms with Crippen LogP contribution in [-0.4, -0.2) is 21.1 Å². The van der Waals surface area contributed by atoms with E-state index in [2.05, 4.69) is 10.3 Å². The molecule has 5 rings (SSSR count). The number of pyridine rings is 1. The highest BCUT2D eigenvalue weighted by atomic mass is 32.1. The van der Waals surface area contributed by atoms with Crippen molar-refractivity contribution < 1.29 is 14.7 Å². The molecule has 0 spiro atoms. The lowest BCUT2D eigenvalue weighted by molar-refractivity contribution is 0.0706. The molecule has 8 heteroatoms. The van der Waals surface area contributed by atoms with Gasteiger partial charge in [0.1, 0.15) is 22.3 Å². The first-order chi connectivity index (χ1) is 15.7. The van der Waals surface area contributed by atoms with Gasteiger partial charge in [0.25, 0.3) is 5.91 Å². The van der Waals surface area contributed by atoms with Crippen molar-refractivity contribution in [2.24, 2.45) is 0 Å². The predicted molar refractivity (Wildman–Crippen MR) is 123 cm³/mol. The Morgan fingerprint density at radius 1 is 1.06 bits per heavy atom. The van der Waals surface area contributed by atoms with Crippen LogP contribution in [0.2, 0.25) is 0 Å². The van der Waals surface area contributed by atoms with Crippen LogP contribution in [0.1, 0.15) is 34.1 Å². The van der Waals surface area contributed by atoms with Crippen molar-refractivity contribution in [2.45, 2.75) is 18.8 Å². The smallest absolute Gasteiger partial charge is 0.274 e. The third-order valence-electron chi connectivity index (χ3n) is 5.05. The maximum Gasteiger partial charge on any atom is 0.274 e. The number of thiazole rings is 1. The SMILES string of the molecule is O=C(NO)c1ccc(Nc2cc(Oc3sc(C4CC4)nc3-c3ccccc3)ccn2)cc1. The molecule has 7 nitrogen and oxygen atoms in total. The number of hydrogen-bond donors (Lipinski definition) is 3. The number of benzene rings is 2. The van der Waals surface area contributed by atoms with Gasteiger partial charge in [0.05, 0.1) is 0 Å². The zero-order valence-corrected chi connectivity index (χ0v) is 17.8. The van der Waals surface area contributed by atoms with E-state index in [4.69, 9.17) is 14.9 Å². The Labute approximate surface area is 188 Å². The largest absolute Gasteiger partial charge is 0.444 e. The second-order valence-corrected chi connectivity index (χ2v) is 8.44. The molecule has 2 aromatic carbocycles. The Kier molecular flexibility index (Phi) is 5.53. The standard InChI is InChI=1S/C24H20N4O3S/c29-22(28-30)16-8-10-18(11-9-16)26-20-14-19(12-13-25-20)31-24-21(15-4-2-1-3-5-15)27-23(32-24)17-6-7-17/h1-5,8-14,17,30H,6-7H2,(H,25,26)(H,28,29). The number of anilines is 2. The highest BCUT2D eigenvalue weighted by Crippen LogP contribution is 2.48. The van der Waals surface area contributed by atoms with Gasteiger partial charge in [0.15, 0.2) is 0 Å². The third kappa shape index (κ3) is 4.46. The summed E-state index contributed by atoms with van der Waals surface area (Å²) in [5.41, 5.74) is 4.62. The summed E-state index contributed by atoms with van der Waals surface area (Å²) in [7, 11) is 0. The molecular formula is C24H20N4O3S. The Bertz CT molecular complexity index is 1240. The average molecular weight is 445 g/mol. The van der Waals surface area contributed by atoms with Gasteiger partial charge >= 0.3 is 0 Å². The third-order valence-corrected chi connectivity index (χ3v) is 6.15. The first-order valence-electron chi connectivity index (χ1n) is 10.2. The molecule has 1 aliphatic rings. The number of hydrogen-bond acceptors (Lipinski definition) is 7. The van der Waals surface area contributed by atoms with E-state index in [-0.39, 0.29) is 0 Å². The lowest BCUT2D eigenvalue weighted by Gasteiger charge is -2.09. The highest BCUT2D eigenvalue weighted by molar-refractivity contribution is 7.14. The molecule has 0 saturated heterocycles. The Balaban J connectivity index is 1.37. The number of aromatic nitrogens is 2. The van der Waals surface area contributed by atoms with E-state index in [0.717, 1.165) is 27.0 Å². The summed E-state index contributed by atoms with van der Waals surface area (Å²) in [6, 6.07) is 20.4. The summed E-state index contributed by atoms with van der Waals surface area (Å²) in [6.45, 7) is 0. The van der Waals surface area contributed by atoms with E-state index in [1.807, 2.05) is 42.5 Å². The van der Waals surface area contributed by atoms with Gasteiger partial charge in [-0.2, -0.15) is 0 Å². The molecule has 0 unspecified atom stereocenters. The van der Waals surface area contributed by atoms with E-state index in [1.54, 1.807) is 47.3 Å². The maximum atomic E-state index is 11.5. The van der Waals surface area contributed by atoms with Crippen LogP contribution in [0.15, 0.2) is 72.9 Å². The second kappa shape index (κ2) is 8.78. The summed E-state index contributed by atoms with van der Waals surface area (Å²) in [5, 5.41) is 13.8. The molecule has 3 N–H and O–H groups in total. The molecule has 4 aromatic rings. The van der Waals surface area contributed by atoms with Crippen LogP contribution in [0.3, 0.4) is 0 Å². The van der Waals surface area contributed by atoms with Gasteiger partial charge in [-0.3, -0.25) is 10.0 Å². The number of hydroxylamine groups is 1. The summed E-state index contributed by atoms with van der Waals surface area (Å²) >= 11 is 1.60. The van der Waals surface area contributed by atoms with Crippen LogP contribution in [0, 0.1) is 0 Å². The van der Waals surface area contributed by atoms with Crippen LogP contribution < -0.4 is 15.5 Å². The summed E-state index contributed by atoms with van der Waals surface area (Å²) < 4.78 is 6.26. The number of ether oxygens (including phenoxy) is 1. The van der Waals surface area contributed by atoms with Crippen LogP contribution in [0.5, 0.6) is 10.8 Å². The van der Waals surface area contributed by atoms with Crippen LogP contribution in [0.4, 0.5) is 11.5 Å². The molecule has 0 radical (unpaired) electrons. The summed E-state index contributed by atoms with van der Waals surface area (Å²) in [5.74, 6) is 1.25. The fourth-order valence-electron chi connectivity index (χ4n) is 3.24. The highest BCUT2D eigenvalue weighted by Gasteiger charge is 2.29. The fourth-order valence-corrected chi connectivity index (χ4v) is 4.37. The predicted octanol–water partition coefficient (Wildman–Crippen LogP) is 5.74. The molecule has 1 amide bonds. The minimum Gasteiger partial charge on any atom is -0.444 e. The van der Waals surface area contributed by atoms with Gasteiger partial charge in [0.2, 0.25) is 5.06 Å². The molecule has 2 aromatic heterocycles. The zero-order chi connectivity index (χ0) is 21.9. The van der Waals surface area contributed by atoms with Crippen molar-refractivity contribution in [3.8, 4) is 22.1 Å². The summed E-state index contributed by atoms with van der Waals surface area (Å²) in [4.78, 5) is 20.7. The first kappa shape index (κ1) is 20.2. The number of nitrogens with zero attached hydrogens (tertiary/aromatic N) is 2. The van der Waals surface area contributed by atoms with Crippen LogP contribution >= 0.6 is 11.3 Å². The lowest BCUT2D eigenvalue weighted by Crippen LogP contribution is -2.18. The Morgan fingerprint density at radius 2 is 1.84 bits per heavy atom. The zero-order valence-electron chi connectivity index (χ0n) is 17.0. The number of nitrogens with one attached hydrogen (secondary N) is 2. The van der Waals surface area contributed by atoms with Crippen LogP contribution in [-0.2, 0) is 0 Å². The van der Waals surface area contributed by atoms with Gasteiger partial charge < -0.3 is 10.1 Å². The van der Waals surface area contributed by atoms with E-state index in [9.17, 15) is 4.79 Å². The molecule has 32 heavy (non-hydrogen) atoms. The first-order valence-corrected chi connectivity index (χ1v) is 11.0. The Morgan fingerprint density at radius 3 is 2.56 bits per heavy atom. The minimum atomic E-state index is -0.561. The van der Waals surface area contributed by atoms with Gasteiger partial charge in [-0.15, -0.1) is 0 Å². The van der Waals surface area contributed by atoms with Crippen molar-refractivity contribution in [1.29, 1.82) is 0 Å². The van der Waals surface area contributed by atoms with Crippen molar-refractivity contribution in [2.75, 3.05) is 5.32 Å². The molecule has 160 valence electrons. The summed E-state index contributed by atoms with van der Waals surface area (Å²) in [6.07, 6.45) is 4.04. The van der Waals surface area contributed by atoms with Gasteiger partial charge in [-0.25, -0.2) is 15.4 Å². The van der Waals surface area contributed by atoms with E-state index >= 15 is 0 Å². The molecule has 0 atom stereocenters. The molecule has 1 saturated carbocycles. The average Bonchev–Trinajstić information content (AvgIpc) is 3.60. The normalized spacial score (nSPS) is 12.9. The van der Waals surface area contributed by atoms with Crippen molar-refractivity contribution in [1.82, 2.24) is 15.4 Å². The van der Waals surface area contributed by atoms with E-state index in [0.29, 0.717) is 23.0 Å². The van der Waals surface area contributed by atoms with Crippen molar-refractivity contribution >= 4 is 28.7 Å². The van der Waals surface area contributed by atoms with Crippen molar-refractivity contribution in [3.63, 3.8) is 0 Å². The molecule has 0 aliphatic heterocycles. The second-order valence-electron chi connectivity index (χ2n) is 7.45. The van der Waals surface area contributed by atoms with E-state index in [1.165, 1.54) is 12.8 Å². The molecule has 1 fully saturated rings. The van der Waals surface area contributed by atoms with Crippen molar-refractivity contribution in [3.05, 3.63) is 83.5 Å². The number of carbonyl (C=O) groups is 1. The number of amides is 1. The molecular weight excluding hydrogens is 424 g/mol. The number of carbonyl (C=O) groups excluding carboxylic acids is 1. The maximum absolute atomic E-state index is 11.5. The van der Waals surface area contributed by atoms with E-state index < -0.39 is 5.91 Å². The molecule has 1 aliphatic carbocycles. The number of rotatable bonds is 7.